The molecule has 1 unspecified atom stereocenters. The molecule has 1 aliphatic heterocycles. The lowest BCUT2D eigenvalue weighted by atomic mass is 10.00. The third kappa shape index (κ3) is 3.90. The van der Waals surface area contributed by atoms with Gasteiger partial charge in [0.2, 0.25) is 5.75 Å². The van der Waals surface area contributed by atoms with Crippen molar-refractivity contribution in [3.05, 3.63) is 39.6 Å². The number of hydrogen-bond donors (Lipinski definition) is 0. The van der Waals surface area contributed by atoms with Gasteiger partial charge in [-0.05, 0) is 63.3 Å². The second-order valence-electron chi connectivity index (χ2n) is 6.32. The molecule has 0 bridgehead atoms. The van der Waals surface area contributed by atoms with Crippen LogP contribution in [0, 0.1) is 0 Å². The van der Waals surface area contributed by atoms with Crippen LogP contribution >= 0.6 is 11.3 Å². The Labute approximate surface area is 164 Å². The van der Waals surface area contributed by atoms with Gasteiger partial charge in [0.05, 0.1) is 25.9 Å². The fourth-order valence-electron chi connectivity index (χ4n) is 3.46. The lowest BCUT2D eigenvalue weighted by Gasteiger charge is -2.34. The number of carbonyl (C=O) groups is 1. The van der Waals surface area contributed by atoms with Crippen LogP contribution < -0.4 is 14.2 Å². The zero-order valence-corrected chi connectivity index (χ0v) is 17.2. The molecule has 1 atom stereocenters. The van der Waals surface area contributed by atoms with Gasteiger partial charge in [-0.25, -0.2) is 0 Å². The van der Waals surface area contributed by atoms with Crippen LogP contribution in [-0.4, -0.2) is 37.2 Å². The number of benzene rings is 1. The lowest BCUT2D eigenvalue weighted by Crippen LogP contribution is -2.38. The summed E-state index contributed by atoms with van der Waals surface area (Å²) in [5, 5.41) is 2.10. The molecule has 2 heterocycles. The first kappa shape index (κ1) is 19.5. The highest BCUT2D eigenvalue weighted by atomic mass is 32.1. The van der Waals surface area contributed by atoms with Crippen LogP contribution in [0.3, 0.4) is 0 Å². The molecule has 3 rings (SSSR count). The molecule has 1 aromatic carbocycles. The van der Waals surface area contributed by atoms with Crippen molar-refractivity contribution in [2.24, 2.45) is 0 Å². The van der Waals surface area contributed by atoms with Gasteiger partial charge >= 0.3 is 0 Å². The van der Waals surface area contributed by atoms with E-state index in [-0.39, 0.29) is 11.9 Å². The monoisotopic (exact) mass is 389 g/mol. The van der Waals surface area contributed by atoms with Crippen LogP contribution in [0.1, 0.15) is 54.5 Å². The van der Waals surface area contributed by atoms with E-state index < -0.39 is 0 Å². The molecule has 1 aromatic heterocycles. The molecule has 1 amide bonds. The molecule has 146 valence electrons. The van der Waals surface area contributed by atoms with Crippen LogP contribution in [0.15, 0.2) is 23.6 Å². The Bertz CT molecular complexity index is 774. The largest absolute Gasteiger partial charge is 0.490 e. The molecule has 6 heteroatoms. The summed E-state index contributed by atoms with van der Waals surface area (Å²) in [7, 11) is 0. The molecular weight excluding hydrogens is 362 g/mol. The molecule has 0 radical (unpaired) electrons. The molecule has 0 N–H and O–H groups in total. The molecule has 0 saturated carbocycles. The number of ether oxygens (including phenoxy) is 3. The Morgan fingerprint density at radius 3 is 2.33 bits per heavy atom. The van der Waals surface area contributed by atoms with Gasteiger partial charge in [-0.3, -0.25) is 4.79 Å². The van der Waals surface area contributed by atoms with Gasteiger partial charge in [-0.15, -0.1) is 11.3 Å². The normalized spacial score (nSPS) is 16.0. The first-order valence-electron chi connectivity index (χ1n) is 9.54. The molecule has 1 aliphatic rings. The highest BCUT2D eigenvalue weighted by molar-refractivity contribution is 7.10. The van der Waals surface area contributed by atoms with Crippen molar-refractivity contribution in [3.8, 4) is 17.2 Å². The summed E-state index contributed by atoms with van der Waals surface area (Å²) < 4.78 is 17.2. The van der Waals surface area contributed by atoms with Crippen molar-refractivity contribution in [1.82, 2.24) is 4.90 Å². The molecular formula is C21H27NO4S. The molecule has 0 saturated heterocycles. The Morgan fingerprint density at radius 2 is 1.74 bits per heavy atom. The van der Waals surface area contributed by atoms with Gasteiger partial charge in [-0.1, -0.05) is 0 Å². The minimum absolute atomic E-state index is 0.00990. The topological polar surface area (TPSA) is 48.0 Å². The first-order chi connectivity index (χ1) is 13.1. The summed E-state index contributed by atoms with van der Waals surface area (Å²) in [6, 6.07) is 5.73. The molecule has 0 fully saturated rings. The summed E-state index contributed by atoms with van der Waals surface area (Å²) in [5.74, 6) is 1.65. The predicted molar refractivity (Wildman–Crippen MR) is 107 cm³/mol. The third-order valence-corrected chi connectivity index (χ3v) is 5.69. The number of amides is 1. The van der Waals surface area contributed by atoms with Crippen molar-refractivity contribution < 1.29 is 19.0 Å². The van der Waals surface area contributed by atoms with Gasteiger partial charge in [0, 0.05) is 17.0 Å². The van der Waals surface area contributed by atoms with Crippen LogP contribution in [0.2, 0.25) is 0 Å². The van der Waals surface area contributed by atoms with Gasteiger partial charge in [0.25, 0.3) is 5.91 Å². The predicted octanol–water partition coefficient (Wildman–Crippen LogP) is 4.70. The minimum atomic E-state index is -0.00990. The van der Waals surface area contributed by atoms with Crippen LogP contribution in [-0.2, 0) is 6.42 Å². The summed E-state index contributed by atoms with van der Waals surface area (Å²) in [4.78, 5) is 16.6. The van der Waals surface area contributed by atoms with E-state index in [1.165, 1.54) is 10.4 Å². The Balaban J connectivity index is 1.96. The van der Waals surface area contributed by atoms with E-state index in [0.717, 1.165) is 6.42 Å². The van der Waals surface area contributed by atoms with Crippen LogP contribution in [0.4, 0.5) is 0 Å². The number of fused-ring (bicyclic) bond motifs is 1. The highest BCUT2D eigenvalue weighted by Crippen LogP contribution is 2.40. The van der Waals surface area contributed by atoms with Crippen molar-refractivity contribution in [2.75, 3.05) is 26.4 Å². The second-order valence-corrected chi connectivity index (χ2v) is 7.32. The van der Waals surface area contributed by atoms with E-state index in [0.29, 0.717) is 49.2 Å². The van der Waals surface area contributed by atoms with E-state index in [4.69, 9.17) is 14.2 Å². The Hall–Kier alpha value is -2.21. The van der Waals surface area contributed by atoms with Crippen molar-refractivity contribution in [2.45, 2.75) is 40.2 Å². The zero-order valence-electron chi connectivity index (χ0n) is 16.4. The average molecular weight is 390 g/mol. The van der Waals surface area contributed by atoms with E-state index in [9.17, 15) is 4.79 Å². The average Bonchev–Trinajstić information content (AvgIpc) is 3.14. The van der Waals surface area contributed by atoms with Crippen molar-refractivity contribution in [3.63, 3.8) is 0 Å². The number of thiophene rings is 1. The fraction of sp³-hybridized carbons (Fsp3) is 0.476. The van der Waals surface area contributed by atoms with E-state index >= 15 is 0 Å². The van der Waals surface area contributed by atoms with E-state index in [2.05, 4.69) is 18.4 Å². The molecule has 5 nitrogen and oxygen atoms in total. The second kappa shape index (κ2) is 8.65. The maximum absolute atomic E-state index is 13.3. The summed E-state index contributed by atoms with van der Waals surface area (Å²) in [5.41, 5.74) is 1.82. The maximum atomic E-state index is 13.3. The third-order valence-electron chi connectivity index (χ3n) is 4.69. The highest BCUT2D eigenvalue weighted by Gasteiger charge is 2.30. The number of nitrogens with zero attached hydrogens (tertiary/aromatic N) is 1. The van der Waals surface area contributed by atoms with Gasteiger partial charge < -0.3 is 19.1 Å². The standard InChI is InChI=1S/C21H27NO4S/c1-5-24-17-12-15(13-18(25-6-2)20(17)26-7-3)21(23)22-10-8-19-16(14(22)4)9-11-27-19/h9,11-14H,5-8,10H2,1-4H3. The summed E-state index contributed by atoms with van der Waals surface area (Å²) in [6.07, 6.45) is 0.900. The summed E-state index contributed by atoms with van der Waals surface area (Å²) in [6.45, 7) is 10.0. The Morgan fingerprint density at radius 1 is 1.11 bits per heavy atom. The Kier molecular flexibility index (Phi) is 6.26. The molecule has 27 heavy (non-hydrogen) atoms. The SMILES string of the molecule is CCOc1cc(C(=O)N2CCc3sccc3C2C)cc(OCC)c1OCC. The van der Waals surface area contributed by atoms with Crippen molar-refractivity contribution in [1.29, 1.82) is 0 Å². The molecule has 0 spiro atoms. The quantitative estimate of drug-likeness (QED) is 0.688. The number of rotatable bonds is 7. The molecule has 2 aromatic rings. The first-order valence-corrected chi connectivity index (χ1v) is 10.4. The zero-order chi connectivity index (χ0) is 19.4. The van der Waals surface area contributed by atoms with Crippen LogP contribution in [0.5, 0.6) is 17.2 Å². The van der Waals surface area contributed by atoms with E-state index in [1.807, 2.05) is 25.7 Å². The van der Waals surface area contributed by atoms with E-state index in [1.54, 1.807) is 23.5 Å². The minimum Gasteiger partial charge on any atom is -0.490 e. The molecule has 0 aliphatic carbocycles. The van der Waals surface area contributed by atoms with Gasteiger partial charge in [0.15, 0.2) is 11.5 Å². The fourth-order valence-corrected chi connectivity index (χ4v) is 4.43. The maximum Gasteiger partial charge on any atom is 0.254 e. The van der Waals surface area contributed by atoms with Gasteiger partial charge in [-0.2, -0.15) is 0 Å². The smallest absolute Gasteiger partial charge is 0.254 e. The lowest BCUT2D eigenvalue weighted by molar-refractivity contribution is 0.0678. The summed E-state index contributed by atoms with van der Waals surface area (Å²) >= 11 is 1.77. The number of carbonyl (C=O) groups excluding carboxylic acids is 1. The van der Waals surface area contributed by atoms with Gasteiger partial charge in [0.1, 0.15) is 0 Å². The van der Waals surface area contributed by atoms with Crippen molar-refractivity contribution >= 4 is 17.2 Å². The number of hydrogen-bond acceptors (Lipinski definition) is 5. The van der Waals surface area contributed by atoms with Crippen LogP contribution in [0.25, 0.3) is 0 Å².